The minimum atomic E-state index is -3.66. The number of hydrogen-bond acceptors (Lipinski definition) is 4. The highest BCUT2D eigenvalue weighted by atomic mass is 32.2. The van der Waals surface area contributed by atoms with E-state index in [2.05, 4.69) is 4.72 Å². The van der Waals surface area contributed by atoms with Crippen molar-refractivity contribution in [2.75, 3.05) is 0 Å². The van der Waals surface area contributed by atoms with E-state index in [9.17, 15) is 12.8 Å². The van der Waals surface area contributed by atoms with Crippen LogP contribution < -0.4 is 10.5 Å². The molecule has 21 heavy (non-hydrogen) atoms. The smallest absolute Gasteiger partial charge is 0.242 e. The standard InChI is InChI=1S/C14H17FN2O2S2/c1-9-8-20-13(7-16)14(9)21(18,19)17-10(2)11-3-5-12(15)6-4-11/h3-6,8,10,17H,7,16H2,1-2H3. The molecule has 4 nitrogen and oxygen atoms in total. The normalized spacial score (nSPS) is 13.3. The summed E-state index contributed by atoms with van der Waals surface area (Å²) in [6.07, 6.45) is 0. The maximum Gasteiger partial charge on any atom is 0.242 e. The summed E-state index contributed by atoms with van der Waals surface area (Å²) < 4.78 is 40.5. The molecule has 2 rings (SSSR count). The molecule has 2 aromatic rings. The van der Waals surface area contributed by atoms with Crippen LogP contribution in [-0.4, -0.2) is 8.42 Å². The maximum absolute atomic E-state index is 12.9. The molecule has 1 atom stereocenters. The number of sulfonamides is 1. The van der Waals surface area contributed by atoms with Gasteiger partial charge in [0.15, 0.2) is 0 Å². The molecule has 0 aliphatic carbocycles. The number of hydrogen-bond donors (Lipinski definition) is 2. The molecule has 0 aliphatic heterocycles. The summed E-state index contributed by atoms with van der Waals surface area (Å²) in [6, 6.07) is 5.28. The van der Waals surface area contributed by atoms with Gasteiger partial charge < -0.3 is 5.73 Å². The number of thiophene rings is 1. The van der Waals surface area contributed by atoms with E-state index in [1.165, 1.54) is 23.5 Å². The summed E-state index contributed by atoms with van der Waals surface area (Å²) in [5.41, 5.74) is 6.97. The van der Waals surface area contributed by atoms with E-state index in [0.717, 1.165) is 0 Å². The van der Waals surface area contributed by atoms with Crippen molar-refractivity contribution in [3.8, 4) is 0 Å². The second kappa shape index (κ2) is 6.23. The fraction of sp³-hybridized carbons (Fsp3) is 0.286. The Hall–Kier alpha value is -1.28. The molecule has 1 unspecified atom stereocenters. The molecular formula is C14H17FN2O2S2. The summed E-state index contributed by atoms with van der Waals surface area (Å²) >= 11 is 1.33. The molecular weight excluding hydrogens is 311 g/mol. The first-order valence-electron chi connectivity index (χ1n) is 6.40. The summed E-state index contributed by atoms with van der Waals surface area (Å²) in [5, 5.41) is 1.78. The minimum Gasteiger partial charge on any atom is -0.326 e. The topological polar surface area (TPSA) is 72.2 Å². The van der Waals surface area contributed by atoms with E-state index >= 15 is 0 Å². The maximum atomic E-state index is 12.9. The number of rotatable bonds is 5. The van der Waals surface area contributed by atoms with E-state index in [1.807, 2.05) is 0 Å². The molecule has 0 bridgehead atoms. The summed E-state index contributed by atoms with van der Waals surface area (Å²) in [7, 11) is -3.66. The molecule has 1 heterocycles. The Morgan fingerprint density at radius 1 is 1.33 bits per heavy atom. The molecule has 1 aromatic heterocycles. The van der Waals surface area contributed by atoms with E-state index in [-0.39, 0.29) is 17.3 Å². The number of halogens is 1. The van der Waals surface area contributed by atoms with Crippen molar-refractivity contribution in [3.05, 3.63) is 51.5 Å². The van der Waals surface area contributed by atoms with Crippen LogP contribution in [-0.2, 0) is 16.6 Å². The largest absolute Gasteiger partial charge is 0.326 e. The third-order valence-corrected chi connectivity index (χ3v) is 6.17. The summed E-state index contributed by atoms with van der Waals surface area (Å²) in [4.78, 5) is 0.885. The van der Waals surface area contributed by atoms with E-state index in [0.29, 0.717) is 16.0 Å². The predicted molar refractivity (Wildman–Crippen MR) is 82.1 cm³/mol. The average molecular weight is 328 g/mol. The molecule has 114 valence electrons. The Morgan fingerprint density at radius 3 is 2.52 bits per heavy atom. The van der Waals surface area contributed by atoms with E-state index < -0.39 is 16.1 Å². The van der Waals surface area contributed by atoms with Gasteiger partial charge in [0, 0.05) is 17.5 Å². The van der Waals surface area contributed by atoms with Crippen LogP contribution in [0.1, 0.15) is 29.0 Å². The lowest BCUT2D eigenvalue weighted by Gasteiger charge is -2.15. The molecule has 0 aliphatic rings. The Morgan fingerprint density at radius 2 is 1.95 bits per heavy atom. The lowest BCUT2D eigenvalue weighted by molar-refractivity contribution is 0.565. The van der Waals surface area contributed by atoms with Gasteiger partial charge in [-0.3, -0.25) is 0 Å². The van der Waals surface area contributed by atoms with Crippen molar-refractivity contribution >= 4 is 21.4 Å². The lowest BCUT2D eigenvalue weighted by atomic mass is 10.1. The molecule has 1 aromatic carbocycles. The molecule has 0 amide bonds. The van der Waals surface area contributed by atoms with Crippen LogP contribution in [0, 0.1) is 12.7 Å². The zero-order valence-electron chi connectivity index (χ0n) is 11.8. The van der Waals surface area contributed by atoms with Crippen molar-refractivity contribution < 1.29 is 12.8 Å². The Kier molecular flexibility index (Phi) is 4.77. The Labute approximate surface area is 127 Å². The van der Waals surface area contributed by atoms with Gasteiger partial charge in [0.25, 0.3) is 0 Å². The van der Waals surface area contributed by atoms with Crippen molar-refractivity contribution in [3.63, 3.8) is 0 Å². The van der Waals surface area contributed by atoms with Gasteiger partial charge in [-0.05, 0) is 42.5 Å². The number of aryl methyl sites for hydroxylation is 1. The molecule has 0 saturated heterocycles. The van der Waals surface area contributed by atoms with Crippen LogP contribution in [0.3, 0.4) is 0 Å². The van der Waals surface area contributed by atoms with Crippen LogP contribution in [0.5, 0.6) is 0 Å². The molecule has 0 saturated carbocycles. The first-order chi connectivity index (χ1) is 9.85. The highest BCUT2D eigenvalue weighted by Gasteiger charge is 2.24. The zero-order chi connectivity index (χ0) is 15.6. The number of nitrogens with one attached hydrogen (secondary N) is 1. The Balaban J connectivity index is 2.28. The zero-order valence-corrected chi connectivity index (χ0v) is 13.4. The molecule has 7 heteroatoms. The third kappa shape index (κ3) is 3.49. The van der Waals surface area contributed by atoms with Gasteiger partial charge in [0.2, 0.25) is 10.0 Å². The van der Waals surface area contributed by atoms with Crippen LogP contribution in [0.4, 0.5) is 4.39 Å². The van der Waals surface area contributed by atoms with Crippen molar-refractivity contribution in [2.24, 2.45) is 5.73 Å². The number of nitrogens with two attached hydrogens (primary N) is 1. The van der Waals surface area contributed by atoms with Crippen molar-refractivity contribution in [1.82, 2.24) is 4.72 Å². The van der Waals surface area contributed by atoms with Crippen LogP contribution in [0.2, 0.25) is 0 Å². The number of benzene rings is 1. The lowest BCUT2D eigenvalue weighted by Crippen LogP contribution is -2.28. The summed E-state index contributed by atoms with van der Waals surface area (Å²) in [5.74, 6) is -0.354. The summed E-state index contributed by atoms with van der Waals surface area (Å²) in [6.45, 7) is 3.64. The third-order valence-electron chi connectivity index (χ3n) is 3.15. The van der Waals surface area contributed by atoms with Gasteiger partial charge in [0.05, 0.1) is 0 Å². The fourth-order valence-electron chi connectivity index (χ4n) is 2.10. The molecule has 0 fully saturated rings. The van der Waals surface area contributed by atoms with Crippen molar-refractivity contribution in [2.45, 2.75) is 31.3 Å². The molecule has 0 spiro atoms. The molecule has 3 N–H and O–H groups in total. The highest BCUT2D eigenvalue weighted by molar-refractivity contribution is 7.89. The van der Waals surface area contributed by atoms with Gasteiger partial charge >= 0.3 is 0 Å². The first-order valence-corrected chi connectivity index (χ1v) is 8.76. The van der Waals surface area contributed by atoms with Crippen LogP contribution in [0.15, 0.2) is 34.5 Å². The van der Waals surface area contributed by atoms with Crippen molar-refractivity contribution in [1.29, 1.82) is 0 Å². The predicted octanol–water partition coefficient (Wildman–Crippen LogP) is 2.69. The monoisotopic (exact) mass is 328 g/mol. The average Bonchev–Trinajstić information content (AvgIpc) is 2.80. The van der Waals surface area contributed by atoms with E-state index in [1.54, 1.807) is 31.4 Å². The van der Waals surface area contributed by atoms with Gasteiger partial charge in [0.1, 0.15) is 10.7 Å². The second-order valence-corrected chi connectivity index (χ2v) is 7.38. The quantitative estimate of drug-likeness (QED) is 0.886. The minimum absolute atomic E-state index is 0.180. The fourth-order valence-corrected chi connectivity index (χ4v) is 5.03. The Bertz CT molecular complexity index is 724. The van der Waals surface area contributed by atoms with Crippen LogP contribution >= 0.6 is 11.3 Å². The molecule has 0 radical (unpaired) electrons. The first kappa shape index (κ1) is 16.1. The van der Waals surface area contributed by atoms with Gasteiger partial charge in [-0.1, -0.05) is 12.1 Å². The van der Waals surface area contributed by atoms with E-state index in [4.69, 9.17) is 5.73 Å². The second-order valence-electron chi connectivity index (χ2n) is 4.77. The highest BCUT2D eigenvalue weighted by Crippen LogP contribution is 2.27. The van der Waals surface area contributed by atoms with Gasteiger partial charge in [-0.25, -0.2) is 17.5 Å². The van der Waals surface area contributed by atoms with Gasteiger partial charge in [-0.2, -0.15) is 0 Å². The van der Waals surface area contributed by atoms with Gasteiger partial charge in [-0.15, -0.1) is 11.3 Å². The van der Waals surface area contributed by atoms with Crippen LogP contribution in [0.25, 0.3) is 0 Å². The SMILES string of the molecule is Cc1csc(CN)c1S(=O)(=O)NC(C)c1ccc(F)cc1.